The molecule has 0 fully saturated rings. The summed E-state index contributed by atoms with van der Waals surface area (Å²) in [7, 11) is 0. The average Bonchev–Trinajstić information content (AvgIpc) is 2.83. The van der Waals surface area contributed by atoms with Crippen LogP contribution in [0.5, 0.6) is 0 Å². The van der Waals surface area contributed by atoms with E-state index in [1.165, 1.54) is 6.33 Å². The lowest BCUT2D eigenvalue weighted by atomic mass is 10.2. The number of hydrogen-bond acceptors (Lipinski definition) is 6. The summed E-state index contributed by atoms with van der Waals surface area (Å²) in [5.41, 5.74) is -0.648. The average molecular weight is 301 g/mol. The summed E-state index contributed by atoms with van der Waals surface area (Å²) in [4.78, 5) is 25.1. The monoisotopic (exact) mass is 300 g/mol. The summed E-state index contributed by atoms with van der Waals surface area (Å²) in [6.45, 7) is 0. The molecule has 8 nitrogen and oxygen atoms in total. The summed E-state index contributed by atoms with van der Waals surface area (Å²) in [6.07, 6.45) is 1.25. The summed E-state index contributed by atoms with van der Waals surface area (Å²) in [6, 6.07) is 2.04. The van der Waals surface area contributed by atoms with Crippen molar-refractivity contribution in [1.82, 2.24) is 15.2 Å². The lowest BCUT2D eigenvalue weighted by Crippen LogP contribution is -2.01. The van der Waals surface area contributed by atoms with Crippen LogP contribution in [-0.4, -0.2) is 31.2 Å². The van der Waals surface area contributed by atoms with Crippen molar-refractivity contribution >= 4 is 35.0 Å². The van der Waals surface area contributed by atoms with Crippen LogP contribution in [0.25, 0.3) is 0 Å². The highest BCUT2D eigenvalue weighted by Gasteiger charge is 2.21. The van der Waals surface area contributed by atoms with Crippen LogP contribution in [-0.2, 0) is 0 Å². The molecule has 1 aromatic heterocycles. The molecule has 0 amide bonds. The Morgan fingerprint density at radius 3 is 2.79 bits per heavy atom. The summed E-state index contributed by atoms with van der Waals surface area (Å²) < 4.78 is 0. The molecule has 0 aliphatic heterocycles. The molecule has 0 spiro atoms. The second-order valence-electron chi connectivity index (χ2n) is 3.26. The summed E-state index contributed by atoms with van der Waals surface area (Å²) in [5.74, 6) is -1.31. The van der Waals surface area contributed by atoms with Gasteiger partial charge in [0, 0.05) is 17.0 Å². The zero-order valence-corrected chi connectivity index (χ0v) is 10.6. The number of aromatic carboxylic acids is 1. The van der Waals surface area contributed by atoms with Gasteiger partial charge in [-0.1, -0.05) is 11.6 Å². The number of carbonyl (C=O) groups is 1. The Kier molecular flexibility index (Phi) is 3.67. The number of hydrogen-bond donors (Lipinski definition) is 2. The van der Waals surface area contributed by atoms with Gasteiger partial charge < -0.3 is 5.11 Å². The first-order chi connectivity index (χ1) is 8.99. The molecule has 0 bridgehead atoms. The first-order valence-electron chi connectivity index (χ1n) is 4.73. The van der Waals surface area contributed by atoms with E-state index in [1.54, 1.807) is 0 Å². The lowest BCUT2D eigenvalue weighted by Gasteiger charge is -2.06. The molecule has 0 aliphatic carbocycles. The van der Waals surface area contributed by atoms with E-state index in [1.807, 2.05) is 0 Å². The Bertz CT molecular complexity index is 646. The number of aromatic amines is 1. The molecule has 19 heavy (non-hydrogen) atoms. The number of carboxylic acids is 1. The van der Waals surface area contributed by atoms with E-state index >= 15 is 0 Å². The van der Waals surface area contributed by atoms with Gasteiger partial charge in [-0.15, -0.1) is 0 Å². The van der Waals surface area contributed by atoms with Crippen LogP contribution in [0, 0.1) is 10.1 Å². The predicted molar refractivity (Wildman–Crippen MR) is 65.6 cm³/mol. The molecule has 0 unspecified atom stereocenters. The molecule has 0 saturated heterocycles. The third-order valence-corrected chi connectivity index (χ3v) is 3.51. The van der Waals surface area contributed by atoms with Crippen LogP contribution in [0.3, 0.4) is 0 Å². The molecule has 10 heteroatoms. The van der Waals surface area contributed by atoms with E-state index in [2.05, 4.69) is 15.2 Å². The minimum Gasteiger partial charge on any atom is -0.478 e. The van der Waals surface area contributed by atoms with E-state index in [4.69, 9.17) is 16.7 Å². The third-order valence-electron chi connectivity index (χ3n) is 2.06. The fourth-order valence-electron chi connectivity index (χ4n) is 1.29. The molecule has 1 heterocycles. The topological polar surface area (TPSA) is 122 Å². The number of benzene rings is 1. The zero-order chi connectivity index (χ0) is 14.0. The number of nitro benzene ring substituents is 1. The number of H-pyrrole nitrogens is 1. The van der Waals surface area contributed by atoms with Crippen molar-refractivity contribution in [3.63, 3.8) is 0 Å². The van der Waals surface area contributed by atoms with Gasteiger partial charge in [-0.2, -0.15) is 5.10 Å². The summed E-state index contributed by atoms with van der Waals surface area (Å²) >= 11 is 6.82. The van der Waals surface area contributed by atoms with Crippen LogP contribution in [0.1, 0.15) is 10.4 Å². The maximum absolute atomic E-state index is 11.1. The van der Waals surface area contributed by atoms with Gasteiger partial charge in [-0.05, 0) is 11.8 Å². The number of nitrogens with zero attached hydrogens (tertiary/aromatic N) is 3. The fraction of sp³-hybridized carbons (Fsp3) is 0. The number of nitro groups is 1. The molecular weight excluding hydrogens is 296 g/mol. The number of rotatable bonds is 4. The van der Waals surface area contributed by atoms with Crippen molar-refractivity contribution < 1.29 is 14.8 Å². The number of nitrogens with one attached hydrogen (secondary N) is 1. The molecule has 1 aromatic carbocycles. The van der Waals surface area contributed by atoms with Crippen molar-refractivity contribution in [3.8, 4) is 0 Å². The lowest BCUT2D eigenvalue weighted by molar-refractivity contribution is -0.384. The maximum atomic E-state index is 11.1. The van der Waals surface area contributed by atoms with Gasteiger partial charge in [0.2, 0.25) is 0 Å². The van der Waals surface area contributed by atoms with E-state index < -0.39 is 10.9 Å². The van der Waals surface area contributed by atoms with Crippen molar-refractivity contribution in [2.24, 2.45) is 0 Å². The van der Waals surface area contributed by atoms with E-state index in [0.29, 0.717) is 5.16 Å². The highest BCUT2D eigenvalue weighted by atomic mass is 35.5. The van der Waals surface area contributed by atoms with Gasteiger partial charge in [-0.25, -0.2) is 9.78 Å². The number of aromatic nitrogens is 3. The maximum Gasteiger partial charge on any atom is 0.337 e. The molecule has 2 aromatic rings. The zero-order valence-electron chi connectivity index (χ0n) is 9.03. The second-order valence-corrected chi connectivity index (χ2v) is 4.67. The van der Waals surface area contributed by atoms with Crippen LogP contribution in [0.2, 0.25) is 5.02 Å². The van der Waals surface area contributed by atoms with Gasteiger partial charge in [0.05, 0.1) is 15.5 Å². The minimum atomic E-state index is -1.31. The standard InChI is InChI=1S/C9H5ClN4O4S/c10-6-2-4(14(17)18)1-5(8(15)16)7(6)19-9-11-3-12-13-9/h1-3H,(H,15,16)(H,11,12,13). The second kappa shape index (κ2) is 5.24. The molecular formula is C9H5ClN4O4S. The Hall–Kier alpha value is -2.13. The van der Waals surface area contributed by atoms with Gasteiger partial charge in [0.25, 0.3) is 5.69 Å². The van der Waals surface area contributed by atoms with Crippen LogP contribution in [0.15, 0.2) is 28.5 Å². The molecule has 0 atom stereocenters. The first kappa shape index (κ1) is 13.3. The van der Waals surface area contributed by atoms with E-state index in [-0.39, 0.29) is 21.2 Å². The van der Waals surface area contributed by atoms with Crippen molar-refractivity contribution in [1.29, 1.82) is 0 Å². The number of halogens is 1. The fourth-order valence-corrected chi connectivity index (χ4v) is 2.42. The molecule has 2 rings (SSSR count). The minimum absolute atomic E-state index is 0.0343. The molecule has 98 valence electrons. The Morgan fingerprint density at radius 1 is 1.53 bits per heavy atom. The predicted octanol–water partition coefficient (Wildman–Crippen LogP) is 2.22. The van der Waals surface area contributed by atoms with Gasteiger partial charge >= 0.3 is 5.97 Å². The highest BCUT2D eigenvalue weighted by Crippen LogP contribution is 2.37. The highest BCUT2D eigenvalue weighted by molar-refractivity contribution is 7.99. The van der Waals surface area contributed by atoms with Crippen molar-refractivity contribution in [2.45, 2.75) is 10.1 Å². The van der Waals surface area contributed by atoms with Gasteiger partial charge in [0.15, 0.2) is 5.16 Å². The van der Waals surface area contributed by atoms with Gasteiger partial charge in [-0.3, -0.25) is 15.2 Å². The molecule has 2 N–H and O–H groups in total. The normalized spacial score (nSPS) is 10.4. The quantitative estimate of drug-likeness (QED) is 0.655. The third kappa shape index (κ3) is 2.83. The smallest absolute Gasteiger partial charge is 0.337 e. The largest absolute Gasteiger partial charge is 0.478 e. The Balaban J connectivity index is 2.52. The van der Waals surface area contributed by atoms with E-state index in [9.17, 15) is 14.9 Å². The number of carboxylic acid groups (broad SMARTS) is 1. The SMILES string of the molecule is O=C(O)c1cc([N+](=O)[O-])cc(Cl)c1Sc1ncn[nH]1. The first-order valence-corrected chi connectivity index (χ1v) is 5.93. The van der Waals surface area contributed by atoms with Crippen LogP contribution < -0.4 is 0 Å². The van der Waals surface area contributed by atoms with E-state index in [0.717, 1.165) is 23.9 Å². The van der Waals surface area contributed by atoms with Crippen molar-refractivity contribution in [2.75, 3.05) is 0 Å². The summed E-state index contributed by atoms with van der Waals surface area (Å²) in [5, 5.41) is 26.2. The van der Waals surface area contributed by atoms with Crippen LogP contribution >= 0.6 is 23.4 Å². The molecule has 0 aliphatic rings. The van der Waals surface area contributed by atoms with Gasteiger partial charge in [0.1, 0.15) is 6.33 Å². The Labute approximate surface area is 115 Å². The van der Waals surface area contributed by atoms with Crippen molar-refractivity contribution in [3.05, 3.63) is 39.2 Å². The molecule has 0 saturated carbocycles. The van der Waals surface area contributed by atoms with Crippen LogP contribution in [0.4, 0.5) is 5.69 Å². The Morgan fingerprint density at radius 2 is 2.26 bits per heavy atom. The molecule has 0 radical (unpaired) electrons. The number of non-ortho nitro benzene ring substituents is 1.